The van der Waals surface area contributed by atoms with Gasteiger partial charge < -0.3 is 10.5 Å². The Morgan fingerprint density at radius 3 is 2.45 bits per heavy atom. The number of nitrogens with one attached hydrogen (secondary N) is 1. The highest BCUT2D eigenvalue weighted by atomic mass is 79.9. The second-order valence-electron chi connectivity index (χ2n) is 4.69. The predicted molar refractivity (Wildman–Crippen MR) is 83.4 cm³/mol. The van der Waals surface area contributed by atoms with Crippen LogP contribution in [-0.2, 0) is 10.0 Å². The highest BCUT2D eigenvalue weighted by molar-refractivity contribution is 9.10. The third kappa shape index (κ3) is 4.18. The monoisotopic (exact) mass is 364 g/mol. The molecule has 5 nitrogen and oxygen atoms in total. The topological polar surface area (TPSA) is 81.4 Å². The molecule has 7 heteroatoms. The molecule has 20 heavy (non-hydrogen) atoms. The fraction of sp³-hybridized carbons (Fsp3) is 0.538. The number of halogens is 1. The van der Waals surface area contributed by atoms with Crippen LogP contribution in [-0.4, -0.2) is 27.6 Å². The Morgan fingerprint density at radius 2 is 1.95 bits per heavy atom. The van der Waals surface area contributed by atoms with Gasteiger partial charge in [-0.15, -0.1) is 0 Å². The van der Waals surface area contributed by atoms with E-state index in [9.17, 15) is 8.42 Å². The minimum Gasteiger partial charge on any atom is -0.496 e. The molecule has 0 aliphatic rings. The summed E-state index contributed by atoms with van der Waals surface area (Å²) in [5.41, 5.74) is 5.58. The number of ether oxygens (including phenoxy) is 1. The summed E-state index contributed by atoms with van der Waals surface area (Å²) >= 11 is 3.29. The van der Waals surface area contributed by atoms with Crippen LogP contribution in [0, 0.1) is 0 Å². The summed E-state index contributed by atoms with van der Waals surface area (Å²) < 4.78 is 32.9. The van der Waals surface area contributed by atoms with Crippen molar-refractivity contribution < 1.29 is 13.2 Å². The van der Waals surface area contributed by atoms with Crippen LogP contribution in [0.25, 0.3) is 0 Å². The minimum atomic E-state index is -3.59. The molecule has 1 rings (SSSR count). The number of hydrogen-bond donors (Lipinski definition) is 2. The lowest BCUT2D eigenvalue weighted by Crippen LogP contribution is -2.49. The van der Waals surface area contributed by atoms with Crippen LogP contribution in [0.1, 0.15) is 26.7 Å². The number of nitrogens with two attached hydrogens (primary N) is 1. The number of hydrogen-bond acceptors (Lipinski definition) is 4. The van der Waals surface area contributed by atoms with Crippen molar-refractivity contribution in [2.45, 2.75) is 37.1 Å². The average molecular weight is 365 g/mol. The zero-order chi connectivity index (χ0) is 15.4. The maximum atomic E-state index is 12.3. The van der Waals surface area contributed by atoms with Gasteiger partial charge in [-0.2, -0.15) is 0 Å². The van der Waals surface area contributed by atoms with Crippen molar-refractivity contribution in [3.05, 3.63) is 22.7 Å². The summed E-state index contributed by atoms with van der Waals surface area (Å²) in [7, 11) is -2.10. The van der Waals surface area contributed by atoms with E-state index in [4.69, 9.17) is 10.5 Å². The van der Waals surface area contributed by atoms with Crippen molar-refractivity contribution in [1.82, 2.24) is 4.72 Å². The molecule has 0 saturated heterocycles. The molecule has 1 aromatic carbocycles. The van der Waals surface area contributed by atoms with Crippen LogP contribution in [0.2, 0.25) is 0 Å². The van der Waals surface area contributed by atoms with Gasteiger partial charge >= 0.3 is 0 Å². The van der Waals surface area contributed by atoms with Gasteiger partial charge in [-0.3, -0.25) is 0 Å². The largest absolute Gasteiger partial charge is 0.496 e. The third-order valence-corrected chi connectivity index (χ3v) is 5.51. The fourth-order valence-corrected chi connectivity index (χ4v) is 3.19. The average Bonchev–Trinajstić information content (AvgIpc) is 2.45. The van der Waals surface area contributed by atoms with Crippen LogP contribution in [0.4, 0.5) is 0 Å². The van der Waals surface area contributed by atoms with E-state index in [-0.39, 0.29) is 11.4 Å². The molecule has 0 fully saturated rings. The van der Waals surface area contributed by atoms with Gasteiger partial charge in [-0.1, -0.05) is 13.8 Å². The lowest BCUT2D eigenvalue weighted by molar-refractivity contribution is 0.391. The van der Waals surface area contributed by atoms with Crippen LogP contribution >= 0.6 is 15.9 Å². The van der Waals surface area contributed by atoms with E-state index in [0.717, 1.165) is 0 Å². The molecular weight excluding hydrogens is 344 g/mol. The van der Waals surface area contributed by atoms with Crippen molar-refractivity contribution in [2.24, 2.45) is 5.73 Å². The normalized spacial score (nSPS) is 12.4. The summed E-state index contributed by atoms with van der Waals surface area (Å²) in [5.74, 6) is 0.470. The summed E-state index contributed by atoms with van der Waals surface area (Å²) in [4.78, 5) is 0.159. The first-order valence-electron chi connectivity index (χ1n) is 6.40. The molecule has 0 aliphatic carbocycles. The van der Waals surface area contributed by atoms with Gasteiger partial charge in [-0.25, -0.2) is 13.1 Å². The molecule has 3 N–H and O–H groups in total. The molecule has 114 valence electrons. The Kier molecular flexibility index (Phi) is 6.00. The van der Waals surface area contributed by atoms with Gasteiger partial charge in [0.1, 0.15) is 5.75 Å². The molecule has 1 aromatic rings. The van der Waals surface area contributed by atoms with E-state index < -0.39 is 15.6 Å². The van der Waals surface area contributed by atoms with E-state index in [0.29, 0.717) is 23.1 Å². The summed E-state index contributed by atoms with van der Waals surface area (Å²) in [6.45, 7) is 4.10. The standard InChI is InChI=1S/C13H21BrN2O3S/c1-4-13(15,5-2)9-16-20(17,18)10-6-7-11(14)12(8-10)19-3/h6-8,16H,4-5,9,15H2,1-3H3. The van der Waals surface area contributed by atoms with Crippen molar-refractivity contribution >= 4 is 26.0 Å². The van der Waals surface area contributed by atoms with Crippen molar-refractivity contribution in [3.8, 4) is 5.75 Å². The molecule has 0 saturated carbocycles. The maximum Gasteiger partial charge on any atom is 0.240 e. The van der Waals surface area contributed by atoms with Gasteiger partial charge in [0.25, 0.3) is 0 Å². The SMILES string of the molecule is CCC(N)(CC)CNS(=O)(=O)c1ccc(Br)c(OC)c1. The summed E-state index contributed by atoms with van der Waals surface area (Å²) in [6, 6.07) is 4.64. The quantitative estimate of drug-likeness (QED) is 0.777. The Balaban J connectivity index is 2.95. The second kappa shape index (κ2) is 6.89. The van der Waals surface area contributed by atoms with Crippen molar-refractivity contribution in [1.29, 1.82) is 0 Å². The molecule has 0 radical (unpaired) electrons. The first kappa shape index (κ1) is 17.4. The van der Waals surface area contributed by atoms with E-state index in [2.05, 4.69) is 20.7 Å². The van der Waals surface area contributed by atoms with E-state index in [1.165, 1.54) is 19.2 Å². The molecule has 0 atom stereocenters. The summed E-state index contributed by atoms with van der Waals surface area (Å²) in [5, 5.41) is 0. The molecule has 0 aromatic heterocycles. The van der Waals surface area contributed by atoms with Gasteiger partial charge in [0.15, 0.2) is 0 Å². The zero-order valence-electron chi connectivity index (χ0n) is 11.9. The van der Waals surface area contributed by atoms with Gasteiger partial charge in [0, 0.05) is 18.2 Å². The Morgan fingerprint density at radius 1 is 1.35 bits per heavy atom. The van der Waals surface area contributed by atoms with Crippen molar-refractivity contribution in [2.75, 3.05) is 13.7 Å². The Bertz CT molecular complexity index is 557. The molecular formula is C13H21BrN2O3S. The number of benzene rings is 1. The van der Waals surface area contributed by atoms with E-state index in [1.807, 2.05) is 13.8 Å². The second-order valence-corrected chi connectivity index (χ2v) is 7.31. The van der Waals surface area contributed by atoms with E-state index >= 15 is 0 Å². The van der Waals surface area contributed by atoms with Gasteiger partial charge in [0.05, 0.1) is 16.5 Å². The summed E-state index contributed by atoms with van der Waals surface area (Å²) in [6.07, 6.45) is 1.41. The Labute approximate surface area is 129 Å². The molecule has 0 spiro atoms. The number of sulfonamides is 1. The lowest BCUT2D eigenvalue weighted by Gasteiger charge is -2.26. The van der Waals surface area contributed by atoms with Crippen LogP contribution in [0.15, 0.2) is 27.6 Å². The molecule has 0 aliphatic heterocycles. The molecule has 0 bridgehead atoms. The fourth-order valence-electron chi connectivity index (χ4n) is 1.63. The molecule has 0 heterocycles. The van der Waals surface area contributed by atoms with Crippen LogP contribution in [0.5, 0.6) is 5.75 Å². The zero-order valence-corrected chi connectivity index (χ0v) is 14.3. The predicted octanol–water partition coefficient (Wildman–Crippen LogP) is 2.25. The van der Waals surface area contributed by atoms with Gasteiger partial charge in [0.2, 0.25) is 10.0 Å². The lowest BCUT2D eigenvalue weighted by atomic mass is 9.95. The smallest absolute Gasteiger partial charge is 0.240 e. The first-order valence-corrected chi connectivity index (χ1v) is 8.67. The number of rotatable bonds is 7. The van der Waals surface area contributed by atoms with Crippen LogP contribution < -0.4 is 15.2 Å². The highest BCUT2D eigenvalue weighted by Crippen LogP contribution is 2.27. The first-order chi connectivity index (χ1) is 9.28. The minimum absolute atomic E-state index is 0.159. The Hall–Kier alpha value is -0.630. The van der Waals surface area contributed by atoms with Crippen LogP contribution in [0.3, 0.4) is 0 Å². The van der Waals surface area contributed by atoms with E-state index in [1.54, 1.807) is 6.07 Å². The van der Waals surface area contributed by atoms with Gasteiger partial charge in [-0.05, 0) is 40.9 Å². The third-order valence-electron chi connectivity index (χ3n) is 3.46. The highest BCUT2D eigenvalue weighted by Gasteiger charge is 2.24. The molecule has 0 amide bonds. The number of methoxy groups -OCH3 is 1. The maximum absolute atomic E-state index is 12.3. The van der Waals surface area contributed by atoms with Crippen molar-refractivity contribution in [3.63, 3.8) is 0 Å². The molecule has 0 unspecified atom stereocenters.